The molecule has 76 valence electrons. The van der Waals surface area contributed by atoms with Crippen LogP contribution in [0, 0.1) is 0 Å². The van der Waals surface area contributed by atoms with Gasteiger partial charge in [-0.05, 0) is 24.0 Å². The molecule has 1 unspecified atom stereocenters. The van der Waals surface area contributed by atoms with Gasteiger partial charge in [-0.3, -0.25) is 4.79 Å². The number of alkyl halides is 1. The number of halogens is 1. The van der Waals surface area contributed by atoms with E-state index in [0.29, 0.717) is 0 Å². The number of benzene rings is 1. The van der Waals surface area contributed by atoms with E-state index in [0.717, 1.165) is 10.5 Å². The highest BCUT2D eigenvalue weighted by Crippen LogP contribution is 2.24. The highest BCUT2D eigenvalue weighted by molar-refractivity contribution is 7.98. The lowest BCUT2D eigenvalue weighted by Crippen LogP contribution is -2.08. The molecular formula is C10H11ClO2S. The van der Waals surface area contributed by atoms with Crippen LogP contribution in [-0.2, 0) is 9.53 Å². The molecule has 0 spiro atoms. The van der Waals surface area contributed by atoms with Crippen LogP contribution in [-0.4, -0.2) is 19.3 Å². The molecule has 4 heteroatoms. The van der Waals surface area contributed by atoms with Crippen molar-refractivity contribution in [2.75, 3.05) is 13.4 Å². The molecule has 0 fully saturated rings. The Bertz CT molecular complexity index is 310. The Morgan fingerprint density at radius 1 is 1.43 bits per heavy atom. The van der Waals surface area contributed by atoms with Crippen LogP contribution in [0.2, 0.25) is 0 Å². The lowest BCUT2D eigenvalue weighted by molar-refractivity contribution is -0.140. The average molecular weight is 231 g/mol. The van der Waals surface area contributed by atoms with Crippen LogP contribution in [0.3, 0.4) is 0 Å². The van der Waals surface area contributed by atoms with Crippen molar-refractivity contribution in [2.24, 2.45) is 0 Å². The highest BCUT2D eigenvalue weighted by Gasteiger charge is 2.17. The van der Waals surface area contributed by atoms with Gasteiger partial charge in [0.2, 0.25) is 0 Å². The van der Waals surface area contributed by atoms with Crippen molar-refractivity contribution in [3.8, 4) is 0 Å². The molecule has 0 bridgehead atoms. The van der Waals surface area contributed by atoms with Crippen LogP contribution in [0.4, 0.5) is 0 Å². The molecule has 1 aromatic rings. The summed E-state index contributed by atoms with van der Waals surface area (Å²) in [5.74, 6) is -0.427. The van der Waals surface area contributed by atoms with Crippen molar-refractivity contribution < 1.29 is 9.53 Å². The predicted molar refractivity (Wildman–Crippen MR) is 58.8 cm³/mol. The molecule has 0 N–H and O–H groups in total. The van der Waals surface area contributed by atoms with E-state index in [9.17, 15) is 4.79 Å². The summed E-state index contributed by atoms with van der Waals surface area (Å²) in [4.78, 5) is 12.2. The van der Waals surface area contributed by atoms with Gasteiger partial charge in [-0.2, -0.15) is 0 Å². The van der Waals surface area contributed by atoms with Gasteiger partial charge < -0.3 is 4.74 Å². The van der Waals surface area contributed by atoms with E-state index in [1.54, 1.807) is 11.8 Å². The number of thioether (sulfide) groups is 1. The number of carbonyl (C=O) groups excluding carboxylic acids is 1. The van der Waals surface area contributed by atoms with E-state index >= 15 is 0 Å². The summed E-state index contributed by atoms with van der Waals surface area (Å²) in [6, 6.07) is 7.53. The highest BCUT2D eigenvalue weighted by atomic mass is 35.5. The van der Waals surface area contributed by atoms with E-state index in [1.807, 2.05) is 30.5 Å². The second-order valence-electron chi connectivity index (χ2n) is 2.66. The molecule has 0 aromatic heterocycles. The minimum atomic E-state index is -0.712. The van der Waals surface area contributed by atoms with Crippen molar-refractivity contribution in [3.05, 3.63) is 29.8 Å². The Balaban J connectivity index is 2.81. The zero-order chi connectivity index (χ0) is 10.6. The molecule has 0 aliphatic carbocycles. The summed E-state index contributed by atoms with van der Waals surface area (Å²) in [6.45, 7) is 0. The average Bonchev–Trinajstić information content (AvgIpc) is 2.27. The number of esters is 1. The first-order valence-electron chi connectivity index (χ1n) is 4.05. The van der Waals surface area contributed by atoms with Crippen LogP contribution in [0.25, 0.3) is 0 Å². The Hall–Kier alpha value is -0.670. The fourth-order valence-corrected chi connectivity index (χ4v) is 1.66. The van der Waals surface area contributed by atoms with Gasteiger partial charge in [-0.15, -0.1) is 23.4 Å². The van der Waals surface area contributed by atoms with Gasteiger partial charge in [0.25, 0.3) is 0 Å². The monoisotopic (exact) mass is 230 g/mol. The molecule has 0 amide bonds. The Morgan fingerprint density at radius 3 is 2.43 bits per heavy atom. The quantitative estimate of drug-likeness (QED) is 0.454. The molecule has 0 radical (unpaired) electrons. The lowest BCUT2D eigenvalue weighted by atomic mass is 10.1. The van der Waals surface area contributed by atoms with Gasteiger partial charge in [0.15, 0.2) is 5.38 Å². The maximum absolute atomic E-state index is 11.1. The largest absolute Gasteiger partial charge is 0.468 e. The van der Waals surface area contributed by atoms with Gasteiger partial charge in [0.1, 0.15) is 0 Å². The number of hydrogen-bond donors (Lipinski definition) is 0. The first-order chi connectivity index (χ1) is 6.69. The van der Waals surface area contributed by atoms with Crippen molar-refractivity contribution in [1.82, 2.24) is 0 Å². The predicted octanol–water partition coefficient (Wildman–Crippen LogP) is 2.86. The topological polar surface area (TPSA) is 26.3 Å². The third kappa shape index (κ3) is 2.66. The lowest BCUT2D eigenvalue weighted by Gasteiger charge is -2.07. The minimum Gasteiger partial charge on any atom is -0.468 e. The van der Waals surface area contributed by atoms with Gasteiger partial charge in [-0.25, -0.2) is 0 Å². The standard InChI is InChI=1S/C10H11ClO2S/c1-13-10(12)9(11)7-3-5-8(14-2)6-4-7/h3-6,9H,1-2H3. The molecule has 1 atom stereocenters. The Kier molecular flexibility index (Phi) is 4.29. The molecule has 0 heterocycles. The number of ether oxygens (including phenoxy) is 1. The SMILES string of the molecule is COC(=O)C(Cl)c1ccc(SC)cc1. The fraction of sp³-hybridized carbons (Fsp3) is 0.300. The number of hydrogen-bond acceptors (Lipinski definition) is 3. The Labute approximate surface area is 92.6 Å². The molecule has 2 nitrogen and oxygen atoms in total. The molecule has 1 aromatic carbocycles. The molecule has 0 aliphatic rings. The third-order valence-electron chi connectivity index (χ3n) is 1.82. The molecule has 0 saturated heterocycles. The summed E-state index contributed by atoms with van der Waals surface area (Å²) in [5.41, 5.74) is 0.760. The van der Waals surface area contributed by atoms with E-state index < -0.39 is 11.3 Å². The van der Waals surface area contributed by atoms with Crippen LogP contribution in [0.5, 0.6) is 0 Å². The molecule has 14 heavy (non-hydrogen) atoms. The molecule has 0 saturated carbocycles. The van der Waals surface area contributed by atoms with E-state index in [2.05, 4.69) is 4.74 Å². The first kappa shape index (κ1) is 11.4. The van der Waals surface area contributed by atoms with Crippen LogP contribution in [0.15, 0.2) is 29.2 Å². The zero-order valence-electron chi connectivity index (χ0n) is 7.99. The molecular weight excluding hydrogens is 220 g/mol. The zero-order valence-corrected chi connectivity index (χ0v) is 9.56. The maximum atomic E-state index is 11.1. The number of carbonyl (C=O) groups is 1. The van der Waals surface area contributed by atoms with Crippen LogP contribution >= 0.6 is 23.4 Å². The summed E-state index contributed by atoms with van der Waals surface area (Å²) in [5, 5.41) is -0.712. The summed E-state index contributed by atoms with van der Waals surface area (Å²) < 4.78 is 4.55. The van der Waals surface area contributed by atoms with E-state index in [4.69, 9.17) is 11.6 Å². The summed E-state index contributed by atoms with van der Waals surface area (Å²) in [7, 11) is 1.33. The molecule has 0 aliphatic heterocycles. The minimum absolute atomic E-state index is 0.427. The second kappa shape index (κ2) is 5.27. The van der Waals surface area contributed by atoms with Gasteiger partial charge in [0, 0.05) is 4.90 Å². The van der Waals surface area contributed by atoms with Crippen molar-refractivity contribution >= 4 is 29.3 Å². The molecule has 1 rings (SSSR count). The maximum Gasteiger partial charge on any atom is 0.328 e. The van der Waals surface area contributed by atoms with E-state index in [1.165, 1.54) is 7.11 Å². The van der Waals surface area contributed by atoms with Gasteiger partial charge in [0.05, 0.1) is 7.11 Å². The van der Waals surface area contributed by atoms with Gasteiger partial charge >= 0.3 is 5.97 Å². The van der Waals surface area contributed by atoms with Crippen molar-refractivity contribution in [2.45, 2.75) is 10.3 Å². The number of rotatable bonds is 3. The number of methoxy groups -OCH3 is 1. The smallest absolute Gasteiger partial charge is 0.328 e. The van der Waals surface area contributed by atoms with Crippen molar-refractivity contribution in [3.63, 3.8) is 0 Å². The third-order valence-corrected chi connectivity index (χ3v) is 2.99. The Morgan fingerprint density at radius 2 is 2.00 bits per heavy atom. The normalized spacial score (nSPS) is 12.2. The van der Waals surface area contributed by atoms with Crippen LogP contribution < -0.4 is 0 Å². The summed E-state index contributed by atoms with van der Waals surface area (Å²) >= 11 is 7.52. The summed E-state index contributed by atoms with van der Waals surface area (Å²) in [6.07, 6.45) is 1.99. The van der Waals surface area contributed by atoms with Crippen LogP contribution in [0.1, 0.15) is 10.9 Å². The fourth-order valence-electron chi connectivity index (χ4n) is 1.01. The first-order valence-corrected chi connectivity index (χ1v) is 5.71. The van der Waals surface area contributed by atoms with Gasteiger partial charge in [-0.1, -0.05) is 12.1 Å². The van der Waals surface area contributed by atoms with E-state index in [-0.39, 0.29) is 0 Å². The second-order valence-corrected chi connectivity index (χ2v) is 3.97. The van der Waals surface area contributed by atoms with Crippen molar-refractivity contribution in [1.29, 1.82) is 0 Å².